The van der Waals surface area contributed by atoms with Crippen LogP contribution in [0.3, 0.4) is 0 Å². The average molecular weight is 273 g/mol. The van der Waals surface area contributed by atoms with Gasteiger partial charge in [-0.2, -0.15) is 5.26 Å². The Hall–Kier alpha value is -2.39. The zero-order valence-electron chi connectivity index (χ0n) is 11.0. The first-order valence-electron chi connectivity index (χ1n) is 6.34. The van der Waals surface area contributed by atoms with Crippen molar-refractivity contribution in [3.63, 3.8) is 0 Å². The van der Waals surface area contributed by atoms with Crippen LogP contribution in [0.4, 0.5) is 0 Å². The molecule has 0 spiro atoms. The molecule has 1 aliphatic rings. The van der Waals surface area contributed by atoms with Gasteiger partial charge in [0.05, 0.1) is 18.2 Å². The SMILES string of the molecule is N#Cc1cccc(C(=O)N2CCN(CC(=O)O)CC2)c1. The van der Waals surface area contributed by atoms with Gasteiger partial charge in [0.25, 0.3) is 5.91 Å². The zero-order valence-corrected chi connectivity index (χ0v) is 11.0. The second-order valence-electron chi connectivity index (χ2n) is 4.65. The third-order valence-electron chi connectivity index (χ3n) is 3.26. The van der Waals surface area contributed by atoms with Crippen molar-refractivity contribution in [1.82, 2.24) is 9.80 Å². The van der Waals surface area contributed by atoms with E-state index in [2.05, 4.69) is 0 Å². The number of aliphatic carboxylic acids is 1. The van der Waals surface area contributed by atoms with Gasteiger partial charge in [0.2, 0.25) is 0 Å². The van der Waals surface area contributed by atoms with Crippen LogP contribution in [0.2, 0.25) is 0 Å². The minimum absolute atomic E-state index is 0.00590. The number of rotatable bonds is 3. The molecule has 1 amide bonds. The average Bonchev–Trinajstić information content (AvgIpc) is 2.47. The maximum absolute atomic E-state index is 12.3. The molecule has 1 N–H and O–H groups in total. The van der Waals surface area contributed by atoms with Crippen molar-refractivity contribution in [3.05, 3.63) is 35.4 Å². The van der Waals surface area contributed by atoms with Crippen LogP contribution in [-0.2, 0) is 4.79 Å². The fourth-order valence-corrected chi connectivity index (χ4v) is 2.20. The summed E-state index contributed by atoms with van der Waals surface area (Å²) in [6.07, 6.45) is 0. The fraction of sp³-hybridized carbons (Fsp3) is 0.357. The molecule has 2 rings (SSSR count). The Morgan fingerprint density at radius 1 is 1.25 bits per heavy atom. The summed E-state index contributed by atoms with van der Waals surface area (Å²) in [5, 5.41) is 17.6. The third-order valence-corrected chi connectivity index (χ3v) is 3.26. The van der Waals surface area contributed by atoms with Gasteiger partial charge >= 0.3 is 5.97 Å². The Balaban J connectivity index is 1.98. The highest BCUT2D eigenvalue weighted by molar-refractivity contribution is 5.94. The van der Waals surface area contributed by atoms with Crippen molar-refractivity contribution >= 4 is 11.9 Å². The number of hydrogen-bond acceptors (Lipinski definition) is 4. The minimum atomic E-state index is -0.855. The largest absolute Gasteiger partial charge is 0.480 e. The molecule has 0 atom stereocenters. The van der Waals surface area contributed by atoms with E-state index in [1.807, 2.05) is 6.07 Å². The summed E-state index contributed by atoms with van der Waals surface area (Å²) in [6.45, 7) is 2.11. The molecule has 6 nitrogen and oxygen atoms in total. The molecule has 0 aromatic heterocycles. The van der Waals surface area contributed by atoms with Crippen LogP contribution in [0.15, 0.2) is 24.3 Å². The van der Waals surface area contributed by atoms with Gasteiger partial charge in [0, 0.05) is 31.7 Å². The number of nitriles is 1. The highest BCUT2D eigenvalue weighted by Crippen LogP contribution is 2.10. The van der Waals surface area contributed by atoms with E-state index in [0.29, 0.717) is 37.3 Å². The van der Waals surface area contributed by atoms with Gasteiger partial charge in [-0.05, 0) is 18.2 Å². The summed E-state index contributed by atoms with van der Waals surface area (Å²) in [4.78, 5) is 26.4. The summed E-state index contributed by atoms with van der Waals surface area (Å²) in [7, 11) is 0. The quantitative estimate of drug-likeness (QED) is 0.861. The van der Waals surface area contributed by atoms with Gasteiger partial charge in [0.1, 0.15) is 0 Å². The first kappa shape index (κ1) is 14.0. The number of carboxylic acid groups (broad SMARTS) is 1. The smallest absolute Gasteiger partial charge is 0.317 e. The van der Waals surface area contributed by atoms with Crippen molar-refractivity contribution in [2.24, 2.45) is 0 Å². The Bertz CT molecular complexity index is 557. The van der Waals surface area contributed by atoms with E-state index in [9.17, 15) is 9.59 Å². The van der Waals surface area contributed by atoms with Gasteiger partial charge in [-0.1, -0.05) is 6.07 Å². The number of carboxylic acids is 1. The number of nitrogens with zero attached hydrogens (tertiary/aromatic N) is 3. The Morgan fingerprint density at radius 3 is 2.55 bits per heavy atom. The molecule has 1 saturated heterocycles. The van der Waals surface area contributed by atoms with Crippen LogP contribution >= 0.6 is 0 Å². The molecule has 1 fully saturated rings. The van der Waals surface area contributed by atoms with E-state index in [4.69, 9.17) is 10.4 Å². The Labute approximate surface area is 116 Å². The molecule has 0 aliphatic carbocycles. The standard InChI is InChI=1S/C14H15N3O3/c15-9-11-2-1-3-12(8-11)14(20)17-6-4-16(5-7-17)10-13(18)19/h1-3,8H,4-7,10H2,(H,18,19). The summed E-state index contributed by atoms with van der Waals surface area (Å²) in [5.74, 6) is -0.969. The number of hydrogen-bond donors (Lipinski definition) is 1. The summed E-state index contributed by atoms with van der Waals surface area (Å²) >= 11 is 0. The molecule has 1 aromatic rings. The van der Waals surface area contributed by atoms with Gasteiger partial charge in [-0.3, -0.25) is 14.5 Å². The molecule has 6 heteroatoms. The monoisotopic (exact) mass is 273 g/mol. The molecule has 104 valence electrons. The van der Waals surface area contributed by atoms with Gasteiger partial charge in [-0.15, -0.1) is 0 Å². The summed E-state index contributed by atoms with van der Waals surface area (Å²) < 4.78 is 0. The number of carbonyl (C=O) groups excluding carboxylic acids is 1. The van der Waals surface area contributed by atoms with Gasteiger partial charge in [-0.25, -0.2) is 0 Å². The first-order valence-corrected chi connectivity index (χ1v) is 6.34. The normalized spacial score (nSPS) is 15.7. The van der Waals surface area contributed by atoms with Crippen molar-refractivity contribution in [3.8, 4) is 6.07 Å². The zero-order chi connectivity index (χ0) is 14.5. The van der Waals surface area contributed by atoms with E-state index < -0.39 is 5.97 Å². The molecule has 20 heavy (non-hydrogen) atoms. The van der Waals surface area contributed by atoms with E-state index >= 15 is 0 Å². The fourth-order valence-electron chi connectivity index (χ4n) is 2.20. The number of piperazine rings is 1. The summed E-state index contributed by atoms with van der Waals surface area (Å²) in [5.41, 5.74) is 0.955. The number of amides is 1. The molecule has 0 radical (unpaired) electrons. The lowest BCUT2D eigenvalue weighted by Gasteiger charge is -2.33. The van der Waals surface area contributed by atoms with Crippen LogP contribution in [0.5, 0.6) is 0 Å². The van der Waals surface area contributed by atoms with E-state index in [0.717, 1.165) is 0 Å². The lowest BCUT2D eigenvalue weighted by Crippen LogP contribution is -2.49. The summed E-state index contributed by atoms with van der Waals surface area (Å²) in [6, 6.07) is 8.61. The van der Waals surface area contributed by atoms with Crippen molar-refractivity contribution in [2.45, 2.75) is 0 Å². The van der Waals surface area contributed by atoms with Crippen LogP contribution in [0.1, 0.15) is 15.9 Å². The lowest BCUT2D eigenvalue weighted by atomic mass is 10.1. The number of benzene rings is 1. The third kappa shape index (κ3) is 3.33. The van der Waals surface area contributed by atoms with Crippen LogP contribution in [0.25, 0.3) is 0 Å². The van der Waals surface area contributed by atoms with Crippen LogP contribution < -0.4 is 0 Å². The number of carbonyl (C=O) groups is 2. The molecule has 1 heterocycles. The molecule has 1 aromatic carbocycles. The van der Waals surface area contributed by atoms with Crippen molar-refractivity contribution < 1.29 is 14.7 Å². The molecular weight excluding hydrogens is 258 g/mol. The van der Waals surface area contributed by atoms with Crippen molar-refractivity contribution in [2.75, 3.05) is 32.7 Å². The Kier molecular flexibility index (Phi) is 4.33. The Morgan fingerprint density at radius 2 is 1.95 bits per heavy atom. The maximum atomic E-state index is 12.3. The topological polar surface area (TPSA) is 84.6 Å². The van der Waals surface area contributed by atoms with E-state index in [-0.39, 0.29) is 12.5 Å². The van der Waals surface area contributed by atoms with Crippen molar-refractivity contribution in [1.29, 1.82) is 5.26 Å². The van der Waals surface area contributed by atoms with E-state index in [1.54, 1.807) is 34.1 Å². The van der Waals surface area contributed by atoms with Crippen LogP contribution in [0, 0.1) is 11.3 Å². The molecular formula is C14H15N3O3. The van der Waals surface area contributed by atoms with Gasteiger partial charge < -0.3 is 10.0 Å². The predicted octanol–water partition coefficient (Wildman–Crippen LogP) is 0.401. The first-order chi connectivity index (χ1) is 9.60. The van der Waals surface area contributed by atoms with E-state index in [1.165, 1.54) is 0 Å². The maximum Gasteiger partial charge on any atom is 0.317 e. The molecule has 1 aliphatic heterocycles. The van der Waals surface area contributed by atoms with Crippen LogP contribution in [-0.4, -0.2) is 59.5 Å². The highest BCUT2D eigenvalue weighted by atomic mass is 16.4. The predicted molar refractivity (Wildman–Crippen MR) is 71.1 cm³/mol. The molecule has 0 bridgehead atoms. The minimum Gasteiger partial charge on any atom is -0.480 e. The molecule has 0 unspecified atom stereocenters. The second-order valence-corrected chi connectivity index (χ2v) is 4.65. The highest BCUT2D eigenvalue weighted by Gasteiger charge is 2.23. The lowest BCUT2D eigenvalue weighted by molar-refractivity contribution is -0.138. The van der Waals surface area contributed by atoms with Gasteiger partial charge in [0.15, 0.2) is 0 Å². The molecule has 0 saturated carbocycles. The second kappa shape index (κ2) is 6.17.